The zero-order chi connectivity index (χ0) is 20.0. The number of Topliss-reactive ketones (excluding diaryl/α,β-unsaturated/α-hetero) is 1. The van der Waals surface area contributed by atoms with E-state index in [4.69, 9.17) is 0 Å². The highest BCUT2D eigenvalue weighted by Gasteiger charge is 2.37. The molecule has 27 heavy (non-hydrogen) atoms. The average molecular weight is 387 g/mol. The lowest BCUT2D eigenvalue weighted by Gasteiger charge is -2.24. The molecule has 0 spiro atoms. The standard InChI is InChI=1S/C19H18F5NO2/c20-8-10-25(11-9-21)14-6-7-15(16(12-14)19(22,23)24)18(27)17(26)13-4-2-1-3-5-13/h1-7,12,17,26H,8-11H2. The topological polar surface area (TPSA) is 40.5 Å². The number of halogens is 5. The number of aliphatic hydroxyl groups excluding tert-OH is 1. The third kappa shape index (κ3) is 5.03. The molecule has 8 heteroatoms. The Morgan fingerprint density at radius 2 is 1.59 bits per heavy atom. The lowest BCUT2D eigenvalue weighted by atomic mass is 9.95. The van der Waals surface area contributed by atoms with Crippen LogP contribution in [0.15, 0.2) is 48.5 Å². The molecule has 0 radical (unpaired) electrons. The molecule has 0 saturated carbocycles. The van der Waals surface area contributed by atoms with Gasteiger partial charge in [0, 0.05) is 24.3 Å². The van der Waals surface area contributed by atoms with Gasteiger partial charge in [-0.2, -0.15) is 13.2 Å². The average Bonchev–Trinajstić information content (AvgIpc) is 2.66. The zero-order valence-electron chi connectivity index (χ0n) is 14.2. The molecular weight excluding hydrogens is 369 g/mol. The van der Waals surface area contributed by atoms with E-state index in [9.17, 15) is 31.9 Å². The first-order valence-corrected chi connectivity index (χ1v) is 8.15. The van der Waals surface area contributed by atoms with Gasteiger partial charge in [-0.05, 0) is 23.8 Å². The number of carbonyl (C=O) groups is 1. The number of hydrogen-bond donors (Lipinski definition) is 1. The van der Waals surface area contributed by atoms with Crippen LogP contribution in [0, 0.1) is 0 Å². The summed E-state index contributed by atoms with van der Waals surface area (Å²) < 4.78 is 65.7. The minimum atomic E-state index is -4.88. The van der Waals surface area contributed by atoms with Gasteiger partial charge in [0.2, 0.25) is 0 Å². The van der Waals surface area contributed by atoms with Crippen LogP contribution in [-0.4, -0.2) is 37.3 Å². The molecule has 0 aliphatic rings. The smallest absolute Gasteiger partial charge is 0.380 e. The summed E-state index contributed by atoms with van der Waals surface area (Å²) in [5.74, 6) is -1.11. The van der Waals surface area contributed by atoms with E-state index < -0.39 is 42.5 Å². The monoisotopic (exact) mass is 387 g/mol. The van der Waals surface area contributed by atoms with Crippen molar-refractivity contribution in [2.24, 2.45) is 0 Å². The fraction of sp³-hybridized carbons (Fsp3) is 0.316. The van der Waals surface area contributed by atoms with Crippen molar-refractivity contribution in [2.45, 2.75) is 12.3 Å². The summed E-state index contributed by atoms with van der Waals surface area (Å²) in [6, 6.07) is 10.4. The second-order valence-electron chi connectivity index (χ2n) is 5.77. The predicted molar refractivity (Wildman–Crippen MR) is 91.3 cm³/mol. The van der Waals surface area contributed by atoms with Crippen molar-refractivity contribution in [2.75, 3.05) is 31.3 Å². The van der Waals surface area contributed by atoms with Crippen LogP contribution >= 0.6 is 0 Å². The molecule has 2 aromatic rings. The van der Waals surface area contributed by atoms with Gasteiger partial charge in [-0.15, -0.1) is 0 Å². The highest BCUT2D eigenvalue weighted by Crippen LogP contribution is 2.36. The predicted octanol–water partition coefficient (Wildman–Crippen LogP) is 4.37. The Bertz CT molecular complexity index is 758. The van der Waals surface area contributed by atoms with Gasteiger partial charge in [-0.25, -0.2) is 8.78 Å². The van der Waals surface area contributed by atoms with Crippen LogP contribution in [-0.2, 0) is 6.18 Å². The van der Waals surface area contributed by atoms with Crippen LogP contribution in [0.1, 0.15) is 27.6 Å². The molecule has 0 aliphatic heterocycles. The Morgan fingerprint density at radius 1 is 1.00 bits per heavy atom. The van der Waals surface area contributed by atoms with Gasteiger partial charge in [0.25, 0.3) is 0 Å². The third-order valence-electron chi connectivity index (χ3n) is 4.01. The normalized spacial score (nSPS) is 12.7. The van der Waals surface area contributed by atoms with E-state index in [0.29, 0.717) is 6.07 Å². The number of rotatable bonds is 8. The summed E-state index contributed by atoms with van der Waals surface area (Å²) in [7, 11) is 0. The summed E-state index contributed by atoms with van der Waals surface area (Å²) >= 11 is 0. The molecule has 2 rings (SSSR count). The van der Waals surface area contributed by atoms with Crippen LogP contribution in [0.4, 0.5) is 27.6 Å². The van der Waals surface area contributed by atoms with Gasteiger partial charge in [-0.3, -0.25) is 4.79 Å². The maximum absolute atomic E-state index is 13.5. The first kappa shape index (κ1) is 20.8. The molecule has 146 valence electrons. The molecule has 0 heterocycles. The Labute approximate surface area is 153 Å². The van der Waals surface area contributed by atoms with Gasteiger partial charge in [0.1, 0.15) is 19.5 Å². The molecular formula is C19H18F5NO2. The van der Waals surface area contributed by atoms with Crippen molar-refractivity contribution in [1.29, 1.82) is 0 Å². The molecule has 0 amide bonds. The minimum absolute atomic E-state index is 0.0524. The van der Waals surface area contributed by atoms with E-state index in [0.717, 1.165) is 11.0 Å². The molecule has 0 saturated heterocycles. The van der Waals surface area contributed by atoms with Crippen molar-refractivity contribution in [3.63, 3.8) is 0 Å². The fourth-order valence-electron chi connectivity index (χ4n) is 2.69. The number of hydrogen-bond acceptors (Lipinski definition) is 3. The van der Waals surface area contributed by atoms with Crippen LogP contribution in [0.25, 0.3) is 0 Å². The van der Waals surface area contributed by atoms with E-state index in [1.807, 2.05) is 0 Å². The molecule has 0 aliphatic carbocycles. The molecule has 3 nitrogen and oxygen atoms in total. The Balaban J connectivity index is 2.45. The van der Waals surface area contributed by atoms with Crippen molar-refractivity contribution in [1.82, 2.24) is 0 Å². The SMILES string of the molecule is O=C(c1ccc(N(CCF)CCF)cc1C(F)(F)F)C(O)c1ccccc1. The summed E-state index contributed by atoms with van der Waals surface area (Å²) in [6.07, 6.45) is -6.64. The first-order valence-electron chi connectivity index (χ1n) is 8.15. The number of aliphatic hydroxyl groups is 1. The largest absolute Gasteiger partial charge is 0.417 e. The molecule has 0 fully saturated rings. The molecule has 0 aromatic heterocycles. The Hall–Kier alpha value is -2.48. The van der Waals surface area contributed by atoms with Crippen LogP contribution in [0.2, 0.25) is 0 Å². The molecule has 1 unspecified atom stereocenters. The maximum atomic E-state index is 13.5. The molecule has 2 aromatic carbocycles. The quantitative estimate of drug-likeness (QED) is 0.540. The third-order valence-corrected chi connectivity index (χ3v) is 4.01. The Kier molecular flexibility index (Phi) is 6.90. The van der Waals surface area contributed by atoms with Crippen LogP contribution in [0.3, 0.4) is 0 Å². The number of ketones is 1. The number of nitrogens with zero attached hydrogens (tertiary/aromatic N) is 1. The van der Waals surface area contributed by atoms with Gasteiger partial charge in [0.05, 0.1) is 5.56 Å². The second kappa shape index (κ2) is 8.94. The van der Waals surface area contributed by atoms with Crippen LogP contribution in [0.5, 0.6) is 0 Å². The van der Waals surface area contributed by atoms with E-state index >= 15 is 0 Å². The van der Waals surface area contributed by atoms with Crippen molar-refractivity contribution in [3.8, 4) is 0 Å². The highest BCUT2D eigenvalue weighted by atomic mass is 19.4. The molecule has 1 atom stereocenters. The minimum Gasteiger partial charge on any atom is -0.380 e. The number of carbonyl (C=O) groups excluding carboxylic acids is 1. The highest BCUT2D eigenvalue weighted by molar-refractivity contribution is 6.01. The van der Waals surface area contributed by atoms with E-state index in [2.05, 4.69) is 0 Å². The number of benzene rings is 2. The van der Waals surface area contributed by atoms with E-state index in [1.54, 1.807) is 18.2 Å². The number of alkyl halides is 5. The van der Waals surface area contributed by atoms with Crippen molar-refractivity contribution >= 4 is 11.5 Å². The van der Waals surface area contributed by atoms with Crippen LogP contribution < -0.4 is 4.90 Å². The van der Waals surface area contributed by atoms with Crippen molar-refractivity contribution < 1.29 is 31.9 Å². The van der Waals surface area contributed by atoms with Gasteiger partial charge in [0.15, 0.2) is 5.78 Å². The van der Waals surface area contributed by atoms with Crippen molar-refractivity contribution in [3.05, 3.63) is 65.2 Å². The molecule has 1 N–H and O–H groups in total. The van der Waals surface area contributed by atoms with E-state index in [-0.39, 0.29) is 24.3 Å². The molecule has 0 bridgehead atoms. The van der Waals surface area contributed by atoms with Gasteiger partial charge in [-0.1, -0.05) is 30.3 Å². The lowest BCUT2D eigenvalue weighted by molar-refractivity contribution is -0.137. The summed E-state index contributed by atoms with van der Waals surface area (Å²) in [6.45, 7) is -2.29. The zero-order valence-corrected chi connectivity index (χ0v) is 14.2. The van der Waals surface area contributed by atoms with Gasteiger partial charge >= 0.3 is 6.18 Å². The summed E-state index contributed by atoms with van der Waals surface area (Å²) in [5.41, 5.74) is -1.86. The summed E-state index contributed by atoms with van der Waals surface area (Å²) in [5, 5.41) is 10.2. The second-order valence-corrected chi connectivity index (χ2v) is 5.77. The Morgan fingerprint density at radius 3 is 2.11 bits per heavy atom. The van der Waals surface area contributed by atoms with Gasteiger partial charge < -0.3 is 10.0 Å². The lowest BCUT2D eigenvalue weighted by Crippen LogP contribution is -2.28. The number of anilines is 1. The first-order chi connectivity index (χ1) is 12.8. The van der Waals surface area contributed by atoms with E-state index in [1.165, 1.54) is 18.2 Å². The fourth-order valence-corrected chi connectivity index (χ4v) is 2.69. The summed E-state index contributed by atoms with van der Waals surface area (Å²) in [4.78, 5) is 13.6. The maximum Gasteiger partial charge on any atom is 0.417 e.